The first-order valence-corrected chi connectivity index (χ1v) is 14.7. The fraction of sp³-hybridized carbons (Fsp3) is 0.455. The van der Waals surface area contributed by atoms with Crippen molar-refractivity contribution in [1.82, 2.24) is 14.2 Å². The zero-order valence-corrected chi connectivity index (χ0v) is 24.3. The van der Waals surface area contributed by atoms with Crippen LogP contribution in [-0.4, -0.2) is 68.3 Å². The van der Waals surface area contributed by atoms with Gasteiger partial charge in [-0.25, -0.2) is 13.4 Å². The lowest BCUT2D eigenvalue weighted by atomic mass is 10.2. The zero-order chi connectivity index (χ0) is 24.6. The molecular formula is C22H27Cl3N4O3S3. The molecule has 3 heterocycles. The topological polar surface area (TPSA) is 73.8 Å². The molecule has 1 fully saturated rings. The maximum Gasteiger partial charge on any atom is 0.253 e. The van der Waals surface area contributed by atoms with Crippen molar-refractivity contribution >= 4 is 89.6 Å². The molecule has 0 N–H and O–H groups in total. The maximum absolute atomic E-state index is 13.9. The van der Waals surface area contributed by atoms with Crippen LogP contribution in [0.2, 0.25) is 9.36 Å². The van der Waals surface area contributed by atoms with E-state index in [2.05, 4.69) is 4.90 Å². The Balaban J connectivity index is 0.00000342. The number of nitrogens with zero attached hydrogens (tertiary/aromatic N) is 4. The molecular weight excluding hydrogens is 571 g/mol. The summed E-state index contributed by atoms with van der Waals surface area (Å²) in [6.45, 7) is 3.47. The number of benzene rings is 1. The predicted octanol–water partition coefficient (Wildman–Crippen LogP) is 5.53. The Labute approximate surface area is 230 Å². The van der Waals surface area contributed by atoms with E-state index in [0.29, 0.717) is 40.4 Å². The van der Waals surface area contributed by atoms with E-state index < -0.39 is 16.1 Å². The van der Waals surface area contributed by atoms with E-state index in [4.69, 9.17) is 28.2 Å². The number of aryl methyl sites for hydroxylation is 1. The fourth-order valence-electron chi connectivity index (χ4n) is 4.11. The summed E-state index contributed by atoms with van der Waals surface area (Å²) in [5, 5.41) is 1.18. The molecule has 0 aliphatic carbocycles. The minimum Gasteiger partial charge on any atom is -0.309 e. The molecule has 1 unspecified atom stereocenters. The van der Waals surface area contributed by atoms with Crippen molar-refractivity contribution in [1.29, 1.82) is 0 Å². The molecule has 7 nitrogen and oxygen atoms in total. The van der Waals surface area contributed by atoms with Gasteiger partial charge in [-0.3, -0.25) is 9.69 Å². The molecule has 1 amide bonds. The molecule has 192 valence electrons. The Kier molecular flexibility index (Phi) is 9.48. The lowest BCUT2D eigenvalue weighted by Gasteiger charge is -2.28. The van der Waals surface area contributed by atoms with Gasteiger partial charge in [0, 0.05) is 18.1 Å². The van der Waals surface area contributed by atoms with Crippen LogP contribution in [0.5, 0.6) is 0 Å². The molecule has 0 spiro atoms. The van der Waals surface area contributed by atoms with Gasteiger partial charge >= 0.3 is 0 Å². The number of carbonyl (C=O) groups is 1. The molecule has 1 aromatic carbocycles. The molecule has 3 aromatic rings. The Hall–Kier alpha value is -0.980. The summed E-state index contributed by atoms with van der Waals surface area (Å²) < 4.78 is 29.4. The number of thiophene rings is 1. The smallest absolute Gasteiger partial charge is 0.253 e. The third kappa shape index (κ3) is 6.13. The monoisotopic (exact) mass is 596 g/mol. The van der Waals surface area contributed by atoms with Crippen molar-refractivity contribution in [2.45, 2.75) is 36.4 Å². The normalized spacial score (nSPS) is 16.7. The molecule has 1 aliphatic rings. The summed E-state index contributed by atoms with van der Waals surface area (Å²) in [7, 11) is 0.136. The highest BCUT2D eigenvalue weighted by atomic mass is 35.5. The molecule has 0 radical (unpaired) electrons. The number of hydrogen-bond donors (Lipinski definition) is 0. The minimum absolute atomic E-state index is 0. The van der Waals surface area contributed by atoms with E-state index in [-0.39, 0.29) is 22.5 Å². The predicted molar refractivity (Wildman–Crippen MR) is 148 cm³/mol. The van der Waals surface area contributed by atoms with Gasteiger partial charge in [-0.2, -0.15) is 4.31 Å². The van der Waals surface area contributed by atoms with E-state index in [1.807, 2.05) is 33.2 Å². The van der Waals surface area contributed by atoms with E-state index >= 15 is 0 Å². The van der Waals surface area contributed by atoms with Crippen molar-refractivity contribution in [2.75, 3.05) is 38.6 Å². The van der Waals surface area contributed by atoms with Crippen molar-refractivity contribution in [2.24, 2.45) is 0 Å². The van der Waals surface area contributed by atoms with Crippen LogP contribution in [0.25, 0.3) is 10.2 Å². The number of halogens is 3. The summed E-state index contributed by atoms with van der Waals surface area (Å²) in [5.41, 5.74) is 1.74. The molecule has 1 aliphatic heterocycles. The average Bonchev–Trinajstić information content (AvgIpc) is 3.49. The van der Waals surface area contributed by atoms with Crippen LogP contribution in [0.4, 0.5) is 5.13 Å². The van der Waals surface area contributed by atoms with Crippen LogP contribution in [0.15, 0.2) is 28.5 Å². The summed E-state index contributed by atoms with van der Waals surface area (Å²) in [6, 6.07) is 5.98. The summed E-state index contributed by atoms with van der Waals surface area (Å²) >= 11 is 14.6. The zero-order valence-electron chi connectivity index (χ0n) is 19.5. The van der Waals surface area contributed by atoms with Crippen LogP contribution < -0.4 is 4.90 Å². The van der Waals surface area contributed by atoms with Crippen LogP contribution in [0, 0.1) is 6.92 Å². The number of fused-ring (bicyclic) bond motifs is 1. The molecule has 13 heteroatoms. The number of thiazole rings is 1. The van der Waals surface area contributed by atoms with Crippen LogP contribution in [-0.2, 0) is 14.8 Å². The van der Waals surface area contributed by atoms with Gasteiger partial charge in [-0.1, -0.05) is 34.5 Å². The van der Waals surface area contributed by atoms with Gasteiger partial charge in [-0.05, 0) is 76.7 Å². The molecule has 2 aromatic heterocycles. The van der Waals surface area contributed by atoms with Gasteiger partial charge in [0.15, 0.2) is 5.13 Å². The van der Waals surface area contributed by atoms with Crippen LogP contribution in [0.3, 0.4) is 0 Å². The van der Waals surface area contributed by atoms with Crippen LogP contribution in [0.1, 0.15) is 24.8 Å². The van der Waals surface area contributed by atoms with Gasteiger partial charge in [0.2, 0.25) is 5.91 Å². The second kappa shape index (κ2) is 11.6. The number of amides is 1. The summed E-state index contributed by atoms with van der Waals surface area (Å²) in [5.74, 6) is -0.245. The second-order valence-corrected chi connectivity index (χ2v) is 13.8. The minimum atomic E-state index is -3.82. The SMILES string of the molecule is Cc1cc(Cl)cc2sc(N(CCCN(C)C)C(=O)C3CCCN3S(=O)(=O)c3ccc(Cl)s3)nc12.Cl. The number of sulfonamides is 1. The molecule has 35 heavy (non-hydrogen) atoms. The molecule has 0 saturated carbocycles. The fourth-order valence-corrected chi connectivity index (χ4v) is 8.82. The van der Waals surface area contributed by atoms with E-state index in [9.17, 15) is 13.2 Å². The first kappa shape index (κ1) is 28.6. The summed E-state index contributed by atoms with van der Waals surface area (Å²) in [6.07, 6.45) is 1.82. The lowest BCUT2D eigenvalue weighted by Crippen LogP contribution is -2.48. The lowest BCUT2D eigenvalue weighted by molar-refractivity contribution is -0.121. The number of hydrogen-bond acceptors (Lipinski definition) is 7. The average molecular weight is 598 g/mol. The number of carbonyl (C=O) groups excluding carboxylic acids is 1. The highest BCUT2D eigenvalue weighted by Crippen LogP contribution is 2.36. The Morgan fingerprint density at radius 3 is 2.60 bits per heavy atom. The van der Waals surface area contributed by atoms with E-state index in [0.717, 1.165) is 40.1 Å². The number of anilines is 1. The van der Waals surface area contributed by atoms with Gasteiger partial charge < -0.3 is 4.90 Å². The van der Waals surface area contributed by atoms with Gasteiger partial charge in [0.05, 0.1) is 14.6 Å². The summed E-state index contributed by atoms with van der Waals surface area (Å²) in [4.78, 5) is 22.3. The highest BCUT2D eigenvalue weighted by Gasteiger charge is 2.42. The van der Waals surface area contributed by atoms with E-state index in [1.165, 1.54) is 21.7 Å². The molecule has 1 atom stereocenters. The first-order chi connectivity index (χ1) is 16.1. The Morgan fingerprint density at radius 1 is 1.20 bits per heavy atom. The third-order valence-corrected chi connectivity index (χ3v) is 10.6. The largest absolute Gasteiger partial charge is 0.309 e. The number of rotatable bonds is 8. The van der Waals surface area contributed by atoms with E-state index in [1.54, 1.807) is 11.0 Å². The highest BCUT2D eigenvalue weighted by molar-refractivity contribution is 7.91. The van der Waals surface area contributed by atoms with Crippen molar-refractivity contribution in [3.8, 4) is 0 Å². The maximum atomic E-state index is 13.9. The first-order valence-electron chi connectivity index (χ1n) is 10.9. The molecule has 0 bridgehead atoms. The van der Waals surface area contributed by atoms with Gasteiger partial charge in [0.1, 0.15) is 10.3 Å². The van der Waals surface area contributed by atoms with Gasteiger partial charge in [0.25, 0.3) is 10.0 Å². The second-order valence-electron chi connectivity index (χ2n) is 8.54. The van der Waals surface area contributed by atoms with Crippen molar-refractivity contribution in [3.05, 3.63) is 39.2 Å². The Bertz CT molecular complexity index is 1310. The molecule has 4 rings (SSSR count). The molecule has 1 saturated heterocycles. The third-order valence-electron chi connectivity index (χ3n) is 5.72. The van der Waals surface area contributed by atoms with Crippen molar-refractivity contribution in [3.63, 3.8) is 0 Å². The quantitative estimate of drug-likeness (QED) is 0.341. The standard InChI is InChI=1S/C22H26Cl2N4O3S3.ClH/c1-14-12-15(23)13-17-20(14)25-22(32-17)27(10-5-9-26(2)3)21(29)16-6-4-11-28(16)34(30,31)19-8-7-18(24)33-19;/h7-8,12-13,16H,4-6,9-11H2,1-3H3;1H. The van der Waals surface area contributed by atoms with Crippen molar-refractivity contribution < 1.29 is 13.2 Å². The van der Waals surface area contributed by atoms with Crippen LogP contribution >= 0.6 is 58.3 Å². The Morgan fingerprint density at radius 2 is 1.94 bits per heavy atom. The number of aromatic nitrogens is 1. The van der Waals surface area contributed by atoms with Gasteiger partial charge in [-0.15, -0.1) is 23.7 Å².